The molecule has 1 rings (SSSR count). The summed E-state index contributed by atoms with van der Waals surface area (Å²) in [4.78, 5) is 49.5. The van der Waals surface area contributed by atoms with E-state index in [4.69, 9.17) is 0 Å². The van der Waals surface area contributed by atoms with Gasteiger partial charge in [-0.3, -0.25) is 14.4 Å². The first kappa shape index (κ1) is 26.2. The van der Waals surface area contributed by atoms with Crippen molar-refractivity contribution < 1.29 is 24.3 Å². The van der Waals surface area contributed by atoms with Crippen LogP contribution < -0.4 is 21.3 Å². The fourth-order valence-corrected chi connectivity index (χ4v) is 3.70. The molecule has 0 saturated carbocycles. The molecule has 1 aliphatic rings. The van der Waals surface area contributed by atoms with Crippen LogP contribution in [0.3, 0.4) is 0 Å². The van der Waals surface area contributed by atoms with Gasteiger partial charge in [0.05, 0.1) is 6.04 Å². The number of amides is 3. The van der Waals surface area contributed by atoms with E-state index in [1.54, 1.807) is 13.8 Å². The molecule has 0 aromatic carbocycles. The molecular weight excluding hydrogens is 408 g/mol. The summed E-state index contributed by atoms with van der Waals surface area (Å²) in [6.07, 6.45) is 3.79. The first-order valence-corrected chi connectivity index (χ1v) is 11.8. The van der Waals surface area contributed by atoms with Crippen LogP contribution in [0, 0.1) is 11.8 Å². The van der Waals surface area contributed by atoms with Gasteiger partial charge in [-0.15, -0.1) is 0 Å². The van der Waals surface area contributed by atoms with E-state index in [1.807, 2.05) is 20.1 Å². The number of aliphatic carboxylic acids is 1. The quantitative estimate of drug-likeness (QED) is 0.293. The second kappa shape index (κ2) is 12.8. The molecule has 3 amide bonds. The van der Waals surface area contributed by atoms with Crippen LogP contribution >= 0.6 is 11.8 Å². The lowest BCUT2D eigenvalue weighted by Gasteiger charge is -2.28. The smallest absolute Gasteiger partial charge is 0.326 e. The molecule has 0 aliphatic carbocycles. The summed E-state index contributed by atoms with van der Waals surface area (Å²) in [6.45, 7) is 7.95. The van der Waals surface area contributed by atoms with Crippen LogP contribution in [0.25, 0.3) is 0 Å². The van der Waals surface area contributed by atoms with E-state index >= 15 is 0 Å². The van der Waals surface area contributed by atoms with Gasteiger partial charge in [-0.25, -0.2) is 4.79 Å². The molecular formula is C20H36N4O5S. The summed E-state index contributed by atoms with van der Waals surface area (Å²) in [7, 11) is 0. The topological polar surface area (TPSA) is 137 Å². The number of hydrogen-bond donors (Lipinski definition) is 5. The zero-order valence-electron chi connectivity index (χ0n) is 18.5. The summed E-state index contributed by atoms with van der Waals surface area (Å²) < 4.78 is 0. The van der Waals surface area contributed by atoms with Gasteiger partial charge >= 0.3 is 5.97 Å². The molecule has 10 heteroatoms. The minimum Gasteiger partial charge on any atom is -0.480 e. The number of carbonyl (C=O) groups is 4. The van der Waals surface area contributed by atoms with Gasteiger partial charge in [-0.05, 0) is 49.7 Å². The highest BCUT2D eigenvalue weighted by molar-refractivity contribution is 7.98. The molecule has 172 valence electrons. The number of carboxylic acids is 1. The van der Waals surface area contributed by atoms with Crippen molar-refractivity contribution in [3.8, 4) is 0 Å². The highest BCUT2D eigenvalue weighted by Crippen LogP contribution is 2.10. The van der Waals surface area contributed by atoms with Crippen LogP contribution in [0.15, 0.2) is 0 Å². The average Bonchev–Trinajstić information content (AvgIpc) is 3.20. The summed E-state index contributed by atoms with van der Waals surface area (Å²) >= 11 is 1.49. The van der Waals surface area contributed by atoms with E-state index in [0.717, 1.165) is 19.4 Å². The van der Waals surface area contributed by atoms with E-state index in [1.165, 1.54) is 11.8 Å². The molecule has 0 aromatic heterocycles. The number of carbonyl (C=O) groups excluding carboxylic acids is 3. The Kier molecular flexibility index (Phi) is 11.2. The van der Waals surface area contributed by atoms with Gasteiger partial charge in [-0.1, -0.05) is 27.7 Å². The molecule has 1 fully saturated rings. The molecule has 30 heavy (non-hydrogen) atoms. The predicted octanol–water partition coefficient (Wildman–Crippen LogP) is 0.343. The van der Waals surface area contributed by atoms with Gasteiger partial charge in [0.2, 0.25) is 17.7 Å². The number of carboxylic acid groups (broad SMARTS) is 1. The van der Waals surface area contributed by atoms with Crippen molar-refractivity contribution >= 4 is 35.5 Å². The fourth-order valence-electron chi connectivity index (χ4n) is 3.23. The first-order chi connectivity index (χ1) is 14.1. The minimum absolute atomic E-state index is 0.181. The Morgan fingerprint density at radius 3 is 2.03 bits per heavy atom. The Balaban J connectivity index is 2.82. The molecule has 5 N–H and O–H groups in total. The van der Waals surface area contributed by atoms with Crippen molar-refractivity contribution in [2.45, 2.75) is 71.1 Å². The normalized spacial score (nSPS) is 19.2. The number of thioether (sulfide) groups is 1. The van der Waals surface area contributed by atoms with Gasteiger partial charge < -0.3 is 26.4 Å². The maximum Gasteiger partial charge on any atom is 0.326 e. The van der Waals surface area contributed by atoms with Gasteiger partial charge in [0.1, 0.15) is 18.1 Å². The summed E-state index contributed by atoms with van der Waals surface area (Å²) in [5.41, 5.74) is 0. The van der Waals surface area contributed by atoms with Crippen molar-refractivity contribution in [3.63, 3.8) is 0 Å². The van der Waals surface area contributed by atoms with Crippen LogP contribution in [-0.4, -0.2) is 71.5 Å². The zero-order valence-corrected chi connectivity index (χ0v) is 19.3. The van der Waals surface area contributed by atoms with E-state index in [0.29, 0.717) is 12.2 Å². The molecule has 0 spiro atoms. The van der Waals surface area contributed by atoms with E-state index in [2.05, 4.69) is 21.3 Å². The van der Waals surface area contributed by atoms with Crippen molar-refractivity contribution in [2.75, 3.05) is 18.6 Å². The van der Waals surface area contributed by atoms with Crippen molar-refractivity contribution in [2.24, 2.45) is 11.8 Å². The summed E-state index contributed by atoms with van der Waals surface area (Å²) in [6, 6.07) is -3.02. The highest BCUT2D eigenvalue weighted by Gasteiger charge is 2.33. The highest BCUT2D eigenvalue weighted by atomic mass is 32.2. The van der Waals surface area contributed by atoms with Crippen LogP contribution in [0.5, 0.6) is 0 Å². The van der Waals surface area contributed by atoms with Gasteiger partial charge in [0.15, 0.2) is 0 Å². The Bertz CT molecular complexity index is 608. The third kappa shape index (κ3) is 8.14. The van der Waals surface area contributed by atoms with Crippen molar-refractivity contribution in [3.05, 3.63) is 0 Å². The minimum atomic E-state index is -1.11. The molecule has 4 unspecified atom stereocenters. The van der Waals surface area contributed by atoms with Crippen LogP contribution in [-0.2, 0) is 19.2 Å². The Hall–Kier alpha value is -1.81. The van der Waals surface area contributed by atoms with Crippen LogP contribution in [0.1, 0.15) is 47.0 Å². The number of rotatable bonds is 12. The molecule has 9 nitrogen and oxygen atoms in total. The van der Waals surface area contributed by atoms with E-state index in [9.17, 15) is 24.3 Å². The molecule has 1 saturated heterocycles. The molecule has 1 heterocycles. The molecule has 0 bridgehead atoms. The maximum atomic E-state index is 12.9. The maximum absolute atomic E-state index is 12.9. The lowest BCUT2D eigenvalue weighted by atomic mass is 9.99. The van der Waals surface area contributed by atoms with E-state index < -0.39 is 35.9 Å². The largest absolute Gasteiger partial charge is 0.480 e. The second-order valence-electron chi connectivity index (χ2n) is 8.29. The fraction of sp³-hybridized carbons (Fsp3) is 0.800. The van der Waals surface area contributed by atoms with E-state index in [-0.39, 0.29) is 23.8 Å². The van der Waals surface area contributed by atoms with Gasteiger partial charge in [0, 0.05) is 0 Å². The predicted molar refractivity (Wildman–Crippen MR) is 117 cm³/mol. The lowest BCUT2D eigenvalue weighted by molar-refractivity contribution is -0.142. The second-order valence-corrected chi connectivity index (χ2v) is 9.28. The van der Waals surface area contributed by atoms with Gasteiger partial charge in [0.25, 0.3) is 0 Å². The molecule has 4 atom stereocenters. The third-order valence-corrected chi connectivity index (χ3v) is 5.74. The lowest BCUT2D eigenvalue weighted by Crippen LogP contribution is -2.59. The van der Waals surface area contributed by atoms with Crippen molar-refractivity contribution in [1.82, 2.24) is 21.3 Å². The molecule has 0 radical (unpaired) electrons. The Labute approximate surface area is 182 Å². The molecule has 1 aliphatic heterocycles. The Morgan fingerprint density at radius 2 is 1.57 bits per heavy atom. The standard InChI is InChI=1S/C20H36N4O5S/c1-11(2)15(18(26)22-14(20(28)29)8-10-30-5)24-19(27)16(12(3)4)23-17(25)13-7-6-9-21-13/h11-16,21H,6-10H2,1-5H3,(H,22,26)(H,23,25)(H,24,27)(H,28,29). The summed E-state index contributed by atoms with van der Waals surface area (Å²) in [5.74, 6) is -2.19. The molecule has 0 aromatic rings. The van der Waals surface area contributed by atoms with Crippen LogP contribution in [0.2, 0.25) is 0 Å². The monoisotopic (exact) mass is 444 g/mol. The summed E-state index contributed by atoms with van der Waals surface area (Å²) in [5, 5.41) is 20.5. The van der Waals surface area contributed by atoms with Crippen molar-refractivity contribution in [1.29, 1.82) is 0 Å². The average molecular weight is 445 g/mol. The SMILES string of the molecule is CSCCC(NC(=O)C(NC(=O)C(NC(=O)C1CCCN1)C(C)C)C(C)C)C(=O)O. The number of nitrogens with one attached hydrogen (secondary N) is 4. The third-order valence-electron chi connectivity index (χ3n) is 5.10. The zero-order chi connectivity index (χ0) is 22.8. The van der Waals surface area contributed by atoms with Crippen LogP contribution in [0.4, 0.5) is 0 Å². The van der Waals surface area contributed by atoms with Gasteiger partial charge in [-0.2, -0.15) is 11.8 Å². The Morgan fingerprint density at radius 1 is 1.00 bits per heavy atom. The first-order valence-electron chi connectivity index (χ1n) is 10.4. The number of hydrogen-bond acceptors (Lipinski definition) is 6.